The van der Waals surface area contributed by atoms with Crippen molar-refractivity contribution in [3.8, 4) is 22.6 Å². The van der Waals surface area contributed by atoms with Gasteiger partial charge in [0.15, 0.2) is 0 Å². The van der Waals surface area contributed by atoms with Gasteiger partial charge in [0.1, 0.15) is 11.5 Å². The zero-order valence-electron chi connectivity index (χ0n) is 34.8. The number of esters is 2. The molecule has 0 saturated carbocycles. The standard InChI is InChI=1S/C54H46N4O4/c1-3-5-11-37-17-27-43(28-18-37)55-57-45-31-21-41(22-32-45)53(59)61-49-35-25-39-13-7-9-15-47(39)51(49)52-48-16-10-8-14-40(48)26-36-50(52)62-54(60)42-23-33-46(34-24-42)58-56-44-29-19-38(20-30-44)12-6-4-2/h7-10,13-36H,3-6,11-12H2,1-2H3. The molecule has 0 saturated heterocycles. The van der Waals surface area contributed by atoms with Crippen LogP contribution in [0.2, 0.25) is 0 Å². The molecular formula is C54H46N4O4. The number of benzene rings is 8. The second kappa shape index (κ2) is 19.7. The van der Waals surface area contributed by atoms with Gasteiger partial charge in [0, 0.05) is 11.1 Å². The number of carbonyl (C=O) groups is 2. The van der Waals surface area contributed by atoms with Crippen LogP contribution in [0.3, 0.4) is 0 Å². The highest BCUT2D eigenvalue weighted by atomic mass is 16.5. The van der Waals surface area contributed by atoms with E-state index in [4.69, 9.17) is 9.47 Å². The first kappa shape index (κ1) is 41.2. The molecule has 8 rings (SSSR count). The molecule has 8 aromatic carbocycles. The molecule has 0 radical (unpaired) electrons. The first-order valence-electron chi connectivity index (χ1n) is 21.2. The summed E-state index contributed by atoms with van der Waals surface area (Å²) in [6.07, 6.45) is 6.70. The Bertz CT molecular complexity index is 2690. The third kappa shape index (κ3) is 9.88. The van der Waals surface area contributed by atoms with Crippen LogP contribution < -0.4 is 9.47 Å². The van der Waals surface area contributed by atoms with E-state index in [0.717, 1.165) is 71.4 Å². The third-order valence-electron chi connectivity index (χ3n) is 10.7. The average Bonchev–Trinajstić information content (AvgIpc) is 3.32. The molecule has 0 N–H and O–H groups in total. The maximum Gasteiger partial charge on any atom is 0.343 e. The van der Waals surface area contributed by atoms with E-state index in [9.17, 15) is 9.59 Å². The zero-order valence-corrected chi connectivity index (χ0v) is 34.8. The van der Waals surface area contributed by atoms with Crippen molar-refractivity contribution in [3.63, 3.8) is 0 Å². The molecule has 0 bridgehead atoms. The van der Waals surface area contributed by atoms with Gasteiger partial charge in [-0.3, -0.25) is 0 Å². The third-order valence-corrected chi connectivity index (χ3v) is 10.7. The second-order valence-electron chi connectivity index (χ2n) is 15.1. The molecule has 62 heavy (non-hydrogen) atoms. The fourth-order valence-electron chi connectivity index (χ4n) is 7.29. The fourth-order valence-corrected chi connectivity index (χ4v) is 7.29. The van der Waals surface area contributed by atoms with Crippen molar-refractivity contribution in [3.05, 3.63) is 192 Å². The van der Waals surface area contributed by atoms with E-state index in [1.807, 2.05) is 84.9 Å². The van der Waals surface area contributed by atoms with Crippen molar-refractivity contribution in [1.82, 2.24) is 0 Å². The van der Waals surface area contributed by atoms with Gasteiger partial charge in [-0.1, -0.05) is 112 Å². The van der Waals surface area contributed by atoms with E-state index in [1.54, 1.807) is 60.7 Å². The summed E-state index contributed by atoms with van der Waals surface area (Å²) in [7, 11) is 0. The van der Waals surface area contributed by atoms with Gasteiger partial charge in [-0.15, -0.1) is 0 Å². The number of aryl methyl sites for hydroxylation is 2. The summed E-state index contributed by atoms with van der Waals surface area (Å²) < 4.78 is 12.5. The van der Waals surface area contributed by atoms with Crippen LogP contribution in [0.4, 0.5) is 22.7 Å². The molecule has 8 nitrogen and oxygen atoms in total. The molecule has 8 heteroatoms. The maximum atomic E-state index is 13.9. The molecule has 0 heterocycles. The predicted molar refractivity (Wildman–Crippen MR) is 248 cm³/mol. The van der Waals surface area contributed by atoms with Crippen LogP contribution in [0.1, 0.15) is 71.4 Å². The molecule has 0 aromatic heterocycles. The Morgan fingerprint density at radius 2 is 0.742 bits per heavy atom. The summed E-state index contributed by atoms with van der Waals surface area (Å²) in [6, 6.07) is 53.0. The lowest BCUT2D eigenvalue weighted by Gasteiger charge is -2.18. The summed E-state index contributed by atoms with van der Waals surface area (Å²) in [5.74, 6) is -0.460. The van der Waals surface area contributed by atoms with E-state index in [1.165, 1.54) is 11.1 Å². The van der Waals surface area contributed by atoms with Crippen molar-refractivity contribution in [1.29, 1.82) is 0 Å². The summed E-state index contributed by atoms with van der Waals surface area (Å²) in [4.78, 5) is 27.7. The van der Waals surface area contributed by atoms with E-state index in [-0.39, 0.29) is 0 Å². The number of rotatable bonds is 15. The largest absolute Gasteiger partial charge is 0.422 e. The Morgan fingerprint density at radius 3 is 1.10 bits per heavy atom. The number of carbonyl (C=O) groups excluding carboxylic acids is 2. The quantitative estimate of drug-likeness (QED) is 0.0584. The van der Waals surface area contributed by atoms with Gasteiger partial charge >= 0.3 is 11.9 Å². The summed E-state index contributed by atoms with van der Waals surface area (Å²) in [6.45, 7) is 4.37. The normalized spacial score (nSPS) is 11.5. The molecular weight excluding hydrogens is 769 g/mol. The van der Waals surface area contributed by atoms with Gasteiger partial charge in [0.25, 0.3) is 0 Å². The average molecular weight is 815 g/mol. The smallest absolute Gasteiger partial charge is 0.343 e. The van der Waals surface area contributed by atoms with E-state index < -0.39 is 11.9 Å². The second-order valence-corrected chi connectivity index (χ2v) is 15.1. The highest BCUT2D eigenvalue weighted by Gasteiger charge is 2.23. The SMILES string of the molecule is CCCCc1ccc(N=Nc2ccc(C(=O)Oc3ccc4ccccc4c3-c3c(OC(=O)c4ccc(N=Nc5ccc(CCCC)cc5)cc4)ccc4ccccc34)cc2)cc1. The van der Waals surface area contributed by atoms with Gasteiger partial charge in [0.2, 0.25) is 0 Å². The number of fused-ring (bicyclic) bond motifs is 2. The van der Waals surface area contributed by atoms with Crippen LogP contribution in [0.25, 0.3) is 32.7 Å². The van der Waals surface area contributed by atoms with Crippen molar-refractivity contribution in [2.75, 3.05) is 0 Å². The number of hydrogen-bond donors (Lipinski definition) is 0. The molecule has 0 aliphatic carbocycles. The maximum absolute atomic E-state index is 13.9. The Labute approximate surface area is 361 Å². The topological polar surface area (TPSA) is 102 Å². The monoisotopic (exact) mass is 814 g/mol. The van der Waals surface area contributed by atoms with E-state index in [0.29, 0.717) is 45.1 Å². The van der Waals surface area contributed by atoms with Crippen LogP contribution in [-0.4, -0.2) is 11.9 Å². The minimum atomic E-state index is -0.548. The number of unbranched alkanes of at least 4 members (excludes halogenated alkanes) is 2. The first-order valence-corrected chi connectivity index (χ1v) is 21.2. The molecule has 0 fully saturated rings. The van der Waals surface area contributed by atoms with Crippen LogP contribution >= 0.6 is 0 Å². The highest BCUT2D eigenvalue weighted by Crippen LogP contribution is 2.46. The Balaban J connectivity index is 1.05. The lowest BCUT2D eigenvalue weighted by Crippen LogP contribution is -2.11. The predicted octanol–water partition coefficient (Wildman–Crippen LogP) is 15.6. The van der Waals surface area contributed by atoms with E-state index in [2.05, 4.69) is 58.6 Å². The van der Waals surface area contributed by atoms with E-state index >= 15 is 0 Å². The minimum Gasteiger partial charge on any atom is -0.422 e. The molecule has 0 aliphatic heterocycles. The summed E-state index contributed by atoms with van der Waals surface area (Å²) in [5, 5.41) is 21.0. The lowest BCUT2D eigenvalue weighted by molar-refractivity contribution is 0.0723. The molecule has 0 amide bonds. The molecule has 8 aromatic rings. The number of ether oxygens (including phenoxy) is 2. The Hall–Kier alpha value is -7.58. The van der Waals surface area contributed by atoms with Crippen LogP contribution in [0, 0.1) is 0 Å². The fraction of sp³-hybridized carbons (Fsp3) is 0.148. The van der Waals surface area contributed by atoms with Crippen molar-refractivity contribution < 1.29 is 19.1 Å². The van der Waals surface area contributed by atoms with Gasteiger partial charge in [-0.05, 0) is 143 Å². The van der Waals surface area contributed by atoms with Crippen LogP contribution in [0.5, 0.6) is 11.5 Å². The number of nitrogens with zero attached hydrogens (tertiary/aromatic N) is 4. The molecule has 0 spiro atoms. The number of azo groups is 2. The molecule has 0 aliphatic rings. The van der Waals surface area contributed by atoms with Gasteiger partial charge in [0.05, 0.1) is 33.9 Å². The van der Waals surface area contributed by atoms with Crippen molar-refractivity contribution in [2.45, 2.75) is 52.4 Å². The van der Waals surface area contributed by atoms with Crippen LogP contribution in [0.15, 0.2) is 190 Å². The molecule has 0 atom stereocenters. The zero-order chi connectivity index (χ0) is 42.7. The van der Waals surface area contributed by atoms with Gasteiger partial charge in [-0.2, -0.15) is 20.5 Å². The number of hydrogen-bond acceptors (Lipinski definition) is 8. The Morgan fingerprint density at radius 1 is 0.403 bits per heavy atom. The minimum absolute atomic E-state index is 0.318. The van der Waals surface area contributed by atoms with Gasteiger partial charge < -0.3 is 9.47 Å². The molecule has 0 unspecified atom stereocenters. The molecule has 306 valence electrons. The Kier molecular flexibility index (Phi) is 13.1. The van der Waals surface area contributed by atoms with Crippen molar-refractivity contribution >= 4 is 56.2 Å². The van der Waals surface area contributed by atoms with Gasteiger partial charge in [-0.25, -0.2) is 9.59 Å². The van der Waals surface area contributed by atoms with Crippen LogP contribution in [-0.2, 0) is 12.8 Å². The lowest BCUT2D eigenvalue weighted by atomic mass is 9.92. The van der Waals surface area contributed by atoms with Crippen molar-refractivity contribution in [2.24, 2.45) is 20.5 Å². The highest BCUT2D eigenvalue weighted by molar-refractivity contribution is 6.11. The first-order chi connectivity index (χ1) is 30.4. The summed E-state index contributed by atoms with van der Waals surface area (Å²) in [5.41, 5.74) is 7.21. The summed E-state index contributed by atoms with van der Waals surface area (Å²) >= 11 is 0.